The quantitative estimate of drug-likeness (QED) is 0.848. The van der Waals surface area contributed by atoms with E-state index < -0.39 is 0 Å². The van der Waals surface area contributed by atoms with Crippen molar-refractivity contribution >= 4 is 0 Å². The lowest BCUT2D eigenvalue weighted by molar-refractivity contribution is 0.138. The molecule has 0 radical (unpaired) electrons. The van der Waals surface area contributed by atoms with Crippen LogP contribution in [0.25, 0.3) is 0 Å². The zero-order valence-electron chi connectivity index (χ0n) is 11.0. The van der Waals surface area contributed by atoms with Crippen LogP contribution in [0.1, 0.15) is 32.0 Å². The second-order valence-corrected chi connectivity index (χ2v) is 5.10. The fourth-order valence-corrected chi connectivity index (χ4v) is 2.27. The van der Waals surface area contributed by atoms with Crippen LogP contribution in [0.3, 0.4) is 0 Å². The summed E-state index contributed by atoms with van der Waals surface area (Å²) in [6.45, 7) is 10.6. The zero-order chi connectivity index (χ0) is 12.3. The molecule has 0 aromatic carbocycles. The van der Waals surface area contributed by atoms with Crippen LogP contribution >= 0.6 is 0 Å². The summed E-state index contributed by atoms with van der Waals surface area (Å²) in [5.74, 6) is 1.47. The highest BCUT2D eigenvalue weighted by molar-refractivity contribution is 4.91. The molecule has 1 unspecified atom stereocenters. The Morgan fingerprint density at radius 3 is 3.00 bits per heavy atom. The van der Waals surface area contributed by atoms with Crippen LogP contribution in [0.15, 0.2) is 4.52 Å². The largest absolute Gasteiger partial charge is 0.339 e. The molecule has 0 spiro atoms. The lowest BCUT2D eigenvalue weighted by atomic mass is 9.96. The van der Waals surface area contributed by atoms with Gasteiger partial charge in [-0.3, -0.25) is 4.90 Å². The van der Waals surface area contributed by atoms with Gasteiger partial charge in [0.2, 0.25) is 5.89 Å². The first kappa shape index (κ1) is 12.5. The molecule has 1 aromatic heterocycles. The maximum atomic E-state index is 5.13. The van der Waals surface area contributed by atoms with Crippen molar-refractivity contribution in [3.8, 4) is 0 Å². The van der Waals surface area contributed by atoms with Gasteiger partial charge in [0, 0.05) is 38.1 Å². The molecular weight excluding hydrogens is 216 g/mol. The van der Waals surface area contributed by atoms with Crippen LogP contribution < -0.4 is 5.32 Å². The molecule has 5 heteroatoms. The Labute approximate surface area is 103 Å². The van der Waals surface area contributed by atoms with Gasteiger partial charge in [0.15, 0.2) is 5.82 Å². The number of aryl methyl sites for hydroxylation is 1. The van der Waals surface area contributed by atoms with Gasteiger partial charge in [-0.25, -0.2) is 0 Å². The van der Waals surface area contributed by atoms with Gasteiger partial charge in [-0.05, 0) is 20.3 Å². The van der Waals surface area contributed by atoms with Crippen molar-refractivity contribution in [3.63, 3.8) is 0 Å². The van der Waals surface area contributed by atoms with Gasteiger partial charge in [0.05, 0.1) is 0 Å². The molecule has 1 fully saturated rings. The van der Waals surface area contributed by atoms with Crippen molar-refractivity contribution in [2.45, 2.75) is 39.2 Å². The first-order valence-electron chi connectivity index (χ1n) is 6.38. The third-order valence-electron chi connectivity index (χ3n) is 3.54. The highest BCUT2D eigenvalue weighted by Crippen LogP contribution is 2.15. The number of hydrogen-bond acceptors (Lipinski definition) is 5. The van der Waals surface area contributed by atoms with Gasteiger partial charge in [-0.2, -0.15) is 4.98 Å². The predicted octanol–water partition coefficient (Wildman–Crippen LogP) is 0.994. The minimum Gasteiger partial charge on any atom is -0.339 e. The molecule has 1 aliphatic rings. The molecule has 0 saturated carbocycles. The van der Waals surface area contributed by atoms with E-state index in [1.165, 1.54) is 0 Å². The van der Waals surface area contributed by atoms with Crippen molar-refractivity contribution in [2.24, 2.45) is 0 Å². The summed E-state index contributed by atoms with van der Waals surface area (Å²) in [4.78, 5) is 6.70. The summed E-state index contributed by atoms with van der Waals surface area (Å²) in [6.07, 6.45) is 2.00. The number of rotatable bonds is 4. The van der Waals surface area contributed by atoms with E-state index in [9.17, 15) is 0 Å². The third-order valence-corrected chi connectivity index (χ3v) is 3.54. The Morgan fingerprint density at radius 1 is 1.53 bits per heavy atom. The van der Waals surface area contributed by atoms with Gasteiger partial charge in [0.1, 0.15) is 0 Å². The number of nitrogens with zero attached hydrogens (tertiary/aromatic N) is 3. The smallest absolute Gasteiger partial charge is 0.227 e. The maximum Gasteiger partial charge on any atom is 0.227 e. The van der Waals surface area contributed by atoms with Crippen LogP contribution in [0.5, 0.6) is 0 Å². The van der Waals surface area contributed by atoms with Gasteiger partial charge in [-0.15, -0.1) is 0 Å². The SMILES string of the molecule is CCC1(C)CN(CCc2nc(C)no2)CCN1. The molecule has 96 valence electrons. The number of piperazine rings is 1. The number of nitrogens with one attached hydrogen (secondary N) is 1. The molecular formula is C12H22N4O. The molecule has 1 aromatic rings. The zero-order valence-corrected chi connectivity index (χ0v) is 11.0. The Kier molecular flexibility index (Phi) is 3.79. The normalized spacial score (nSPS) is 26.3. The van der Waals surface area contributed by atoms with E-state index in [0.717, 1.165) is 50.7 Å². The molecule has 2 heterocycles. The highest BCUT2D eigenvalue weighted by Gasteiger charge is 2.28. The van der Waals surface area contributed by atoms with Crippen molar-refractivity contribution in [1.29, 1.82) is 0 Å². The van der Waals surface area contributed by atoms with Gasteiger partial charge >= 0.3 is 0 Å². The number of hydrogen-bond donors (Lipinski definition) is 1. The van der Waals surface area contributed by atoms with Crippen LogP contribution in [-0.4, -0.2) is 46.8 Å². The summed E-state index contributed by atoms with van der Waals surface area (Å²) in [6, 6.07) is 0. The lowest BCUT2D eigenvalue weighted by Gasteiger charge is -2.41. The summed E-state index contributed by atoms with van der Waals surface area (Å²) in [5.41, 5.74) is 0.253. The number of aromatic nitrogens is 2. The summed E-state index contributed by atoms with van der Waals surface area (Å²) < 4.78 is 5.13. The predicted molar refractivity (Wildman–Crippen MR) is 65.9 cm³/mol. The molecule has 0 aliphatic carbocycles. The van der Waals surface area contributed by atoms with Gasteiger partial charge in [0.25, 0.3) is 0 Å². The van der Waals surface area contributed by atoms with Gasteiger partial charge < -0.3 is 9.84 Å². The monoisotopic (exact) mass is 238 g/mol. The highest BCUT2D eigenvalue weighted by atomic mass is 16.5. The Balaban J connectivity index is 1.83. The van der Waals surface area contributed by atoms with E-state index in [2.05, 4.69) is 34.2 Å². The van der Waals surface area contributed by atoms with E-state index in [-0.39, 0.29) is 5.54 Å². The van der Waals surface area contributed by atoms with Crippen LogP contribution in [-0.2, 0) is 6.42 Å². The minimum atomic E-state index is 0.253. The standard InChI is InChI=1S/C12H22N4O/c1-4-12(3)9-16(8-6-13-12)7-5-11-14-10(2)15-17-11/h13H,4-9H2,1-3H3. The second-order valence-electron chi connectivity index (χ2n) is 5.10. The van der Waals surface area contributed by atoms with E-state index in [0.29, 0.717) is 0 Å². The van der Waals surface area contributed by atoms with E-state index >= 15 is 0 Å². The van der Waals surface area contributed by atoms with Crippen LogP contribution in [0.4, 0.5) is 0 Å². The summed E-state index contributed by atoms with van der Waals surface area (Å²) in [7, 11) is 0. The first-order valence-corrected chi connectivity index (χ1v) is 6.38. The van der Waals surface area contributed by atoms with E-state index in [4.69, 9.17) is 4.52 Å². The van der Waals surface area contributed by atoms with Crippen molar-refractivity contribution in [2.75, 3.05) is 26.2 Å². The Hall–Kier alpha value is -0.940. The summed E-state index contributed by atoms with van der Waals surface area (Å²) >= 11 is 0. The van der Waals surface area contributed by atoms with Crippen molar-refractivity contribution < 1.29 is 4.52 Å². The summed E-state index contributed by atoms with van der Waals surface area (Å²) in [5, 5.41) is 7.39. The molecule has 0 amide bonds. The van der Waals surface area contributed by atoms with E-state index in [1.807, 2.05) is 6.92 Å². The molecule has 1 atom stereocenters. The minimum absolute atomic E-state index is 0.253. The average molecular weight is 238 g/mol. The molecule has 0 bridgehead atoms. The lowest BCUT2D eigenvalue weighted by Crippen LogP contribution is -2.58. The third kappa shape index (κ3) is 3.26. The fourth-order valence-electron chi connectivity index (χ4n) is 2.27. The average Bonchev–Trinajstić information content (AvgIpc) is 2.73. The Bertz CT molecular complexity index is 365. The first-order chi connectivity index (χ1) is 8.11. The Morgan fingerprint density at radius 2 is 2.35 bits per heavy atom. The fraction of sp³-hybridized carbons (Fsp3) is 0.833. The molecule has 1 saturated heterocycles. The maximum absolute atomic E-state index is 5.13. The van der Waals surface area contributed by atoms with Crippen LogP contribution in [0.2, 0.25) is 0 Å². The molecule has 1 aliphatic heterocycles. The molecule has 1 N–H and O–H groups in total. The molecule has 5 nitrogen and oxygen atoms in total. The topological polar surface area (TPSA) is 54.2 Å². The van der Waals surface area contributed by atoms with Crippen molar-refractivity contribution in [1.82, 2.24) is 20.4 Å². The second kappa shape index (κ2) is 5.14. The molecule has 17 heavy (non-hydrogen) atoms. The molecule has 2 rings (SSSR count). The van der Waals surface area contributed by atoms with Crippen molar-refractivity contribution in [3.05, 3.63) is 11.7 Å². The van der Waals surface area contributed by atoms with Crippen LogP contribution in [0, 0.1) is 6.92 Å². The van der Waals surface area contributed by atoms with Gasteiger partial charge in [-0.1, -0.05) is 12.1 Å². The van der Waals surface area contributed by atoms with E-state index in [1.54, 1.807) is 0 Å².